The fourth-order valence-electron chi connectivity index (χ4n) is 5.59. The molecule has 0 spiro atoms. The Hall–Kier alpha value is -0.160. The van der Waals surface area contributed by atoms with Gasteiger partial charge in [-0.1, -0.05) is 84.0 Å². The van der Waals surface area contributed by atoms with Gasteiger partial charge >= 0.3 is 0 Å². The minimum Gasteiger partial charge on any atom is -0.377 e. The summed E-state index contributed by atoms with van der Waals surface area (Å²) < 4.78 is 19.5. The van der Waals surface area contributed by atoms with Crippen LogP contribution in [0.5, 0.6) is 0 Å². The molecule has 3 atom stereocenters. The summed E-state index contributed by atoms with van der Waals surface area (Å²) in [6.45, 7) is 25.0. The molecule has 224 valence electrons. The maximum absolute atomic E-state index is 6.70. The molecule has 3 unspecified atom stereocenters. The van der Waals surface area contributed by atoms with Crippen LogP contribution in [-0.4, -0.2) is 60.2 Å². The molecular formula is C33H69NO3. The van der Waals surface area contributed by atoms with Crippen LogP contribution in [0.3, 0.4) is 0 Å². The van der Waals surface area contributed by atoms with E-state index >= 15 is 0 Å². The Morgan fingerprint density at radius 2 is 0.946 bits per heavy atom. The summed E-state index contributed by atoms with van der Waals surface area (Å²) in [6.07, 6.45) is 18.1. The van der Waals surface area contributed by atoms with Gasteiger partial charge in [0.1, 0.15) is 6.10 Å². The Balaban J connectivity index is 5.11. The van der Waals surface area contributed by atoms with Crippen molar-refractivity contribution in [3.8, 4) is 0 Å². The molecule has 0 N–H and O–H groups in total. The van der Waals surface area contributed by atoms with Crippen molar-refractivity contribution < 1.29 is 14.2 Å². The quantitative estimate of drug-likeness (QED) is 0.111. The van der Waals surface area contributed by atoms with Crippen LogP contribution in [0.4, 0.5) is 0 Å². The van der Waals surface area contributed by atoms with Gasteiger partial charge in [-0.2, -0.15) is 0 Å². The molecule has 0 heterocycles. The second kappa shape index (κ2) is 22.6. The molecule has 0 saturated carbocycles. The Labute approximate surface area is 234 Å². The molecule has 0 rings (SSSR count). The van der Waals surface area contributed by atoms with Crippen LogP contribution < -0.4 is 0 Å². The Bertz CT molecular complexity index is 484. The number of hydrogen-bond acceptors (Lipinski definition) is 4. The maximum Gasteiger partial charge on any atom is 0.102 e. The van der Waals surface area contributed by atoms with Crippen molar-refractivity contribution in [2.24, 2.45) is 0 Å². The van der Waals surface area contributed by atoms with Crippen molar-refractivity contribution >= 4 is 0 Å². The van der Waals surface area contributed by atoms with Crippen molar-refractivity contribution in [3.63, 3.8) is 0 Å². The van der Waals surface area contributed by atoms with Gasteiger partial charge in [-0.05, 0) is 75.7 Å². The lowest BCUT2D eigenvalue weighted by atomic mass is 9.95. The van der Waals surface area contributed by atoms with Gasteiger partial charge in [-0.3, -0.25) is 4.90 Å². The van der Waals surface area contributed by atoms with E-state index in [0.717, 1.165) is 6.42 Å². The number of nitrogens with zero attached hydrogens (tertiary/aromatic N) is 1. The van der Waals surface area contributed by atoms with Crippen molar-refractivity contribution in [3.05, 3.63) is 0 Å². The largest absolute Gasteiger partial charge is 0.377 e. The van der Waals surface area contributed by atoms with Gasteiger partial charge < -0.3 is 14.2 Å². The molecule has 0 bridgehead atoms. The number of ether oxygens (including phenoxy) is 3. The summed E-state index contributed by atoms with van der Waals surface area (Å²) in [4.78, 5) is 2.58. The summed E-state index contributed by atoms with van der Waals surface area (Å²) in [6, 6.07) is 0.974. The van der Waals surface area contributed by atoms with Crippen LogP contribution >= 0.6 is 0 Å². The molecular weight excluding hydrogens is 458 g/mol. The third-order valence-corrected chi connectivity index (χ3v) is 7.14. The lowest BCUT2D eigenvalue weighted by molar-refractivity contribution is -0.160. The van der Waals surface area contributed by atoms with Crippen LogP contribution in [0, 0.1) is 0 Å². The molecule has 0 fully saturated rings. The highest BCUT2D eigenvalue weighted by Gasteiger charge is 2.38. The standard InChI is InChI=1S/C33H69NO3/c1-12-13-14-15-16-17-18-19-20-21-22-23-24-32(36-29(8)9)33(37-30(10)11)31(25-35-28(6)7)34(26(2)3)27(4)5/h26-33H,12-25H2,1-11H3. The zero-order valence-electron chi connectivity index (χ0n) is 27.2. The van der Waals surface area contributed by atoms with Crippen LogP contribution in [0.1, 0.15) is 160 Å². The van der Waals surface area contributed by atoms with Gasteiger partial charge in [0.25, 0.3) is 0 Å². The summed E-state index contributed by atoms with van der Waals surface area (Å²) in [5.74, 6) is 0. The first-order valence-electron chi connectivity index (χ1n) is 16.2. The number of hydrogen-bond donors (Lipinski definition) is 0. The van der Waals surface area contributed by atoms with Crippen molar-refractivity contribution in [2.75, 3.05) is 6.61 Å². The van der Waals surface area contributed by atoms with E-state index in [4.69, 9.17) is 14.2 Å². The van der Waals surface area contributed by atoms with E-state index in [1.807, 2.05) is 0 Å². The molecule has 0 amide bonds. The molecule has 4 nitrogen and oxygen atoms in total. The summed E-state index contributed by atoms with van der Waals surface area (Å²) in [5, 5.41) is 0. The highest BCUT2D eigenvalue weighted by atomic mass is 16.6. The summed E-state index contributed by atoms with van der Waals surface area (Å²) >= 11 is 0. The van der Waals surface area contributed by atoms with Gasteiger partial charge in [0.15, 0.2) is 0 Å². The molecule has 4 heteroatoms. The van der Waals surface area contributed by atoms with Gasteiger partial charge in [0.05, 0.1) is 37.1 Å². The first-order chi connectivity index (χ1) is 17.5. The fourth-order valence-corrected chi connectivity index (χ4v) is 5.59. The third-order valence-electron chi connectivity index (χ3n) is 7.14. The van der Waals surface area contributed by atoms with Crippen LogP contribution in [0.25, 0.3) is 0 Å². The van der Waals surface area contributed by atoms with Gasteiger partial charge in [-0.15, -0.1) is 0 Å². The third kappa shape index (κ3) is 18.7. The van der Waals surface area contributed by atoms with E-state index < -0.39 is 0 Å². The average Bonchev–Trinajstić information content (AvgIpc) is 2.79. The minimum atomic E-state index is -0.0151. The lowest BCUT2D eigenvalue weighted by Gasteiger charge is -2.45. The predicted molar refractivity (Wildman–Crippen MR) is 163 cm³/mol. The molecule has 0 aliphatic carbocycles. The highest BCUT2D eigenvalue weighted by molar-refractivity contribution is 4.90. The molecule has 0 aromatic rings. The first-order valence-corrected chi connectivity index (χ1v) is 16.2. The number of rotatable bonds is 25. The van der Waals surface area contributed by atoms with Crippen molar-refractivity contribution in [1.29, 1.82) is 0 Å². The van der Waals surface area contributed by atoms with Crippen LogP contribution in [0.15, 0.2) is 0 Å². The topological polar surface area (TPSA) is 30.9 Å². The van der Waals surface area contributed by atoms with Crippen LogP contribution in [-0.2, 0) is 14.2 Å². The monoisotopic (exact) mass is 528 g/mol. The highest BCUT2D eigenvalue weighted by Crippen LogP contribution is 2.26. The second-order valence-corrected chi connectivity index (χ2v) is 12.6. The second-order valence-electron chi connectivity index (χ2n) is 12.6. The smallest absolute Gasteiger partial charge is 0.102 e. The van der Waals surface area contributed by atoms with E-state index in [9.17, 15) is 0 Å². The van der Waals surface area contributed by atoms with Gasteiger partial charge in [-0.25, -0.2) is 0 Å². The predicted octanol–water partition coefficient (Wildman–Crippen LogP) is 9.58. The molecule has 0 aromatic heterocycles. The summed E-state index contributed by atoms with van der Waals surface area (Å²) in [7, 11) is 0. The Kier molecular flexibility index (Phi) is 22.5. The average molecular weight is 528 g/mol. The van der Waals surface area contributed by atoms with E-state index in [2.05, 4.69) is 81.1 Å². The molecule has 0 aliphatic rings. The molecule has 0 aromatic carbocycles. The maximum atomic E-state index is 6.70. The lowest BCUT2D eigenvalue weighted by Crippen LogP contribution is -2.58. The van der Waals surface area contributed by atoms with Crippen molar-refractivity contribution in [2.45, 2.75) is 208 Å². The van der Waals surface area contributed by atoms with Crippen molar-refractivity contribution in [1.82, 2.24) is 4.90 Å². The Morgan fingerprint density at radius 1 is 0.514 bits per heavy atom. The van der Waals surface area contributed by atoms with Gasteiger partial charge in [0.2, 0.25) is 0 Å². The zero-order valence-corrected chi connectivity index (χ0v) is 27.2. The Morgan fingerprint density at radius 3 is 1.32 bits per heavy atom. The van der Waals surface area contributed by atoms with E-state index in [-0.39, 0.29) is 36.6 Å². The number of unbranched alkanes of at least 4 members (excludes halogenated alkanes) is 11. The molecule has 37 heavy (non-hydrogen) atoms. The molecule has 0 radical (unpaired) electrons. The van der Waals surface area contributed by atoms with Crippen LogP contribution in [0.2, 0.25) is 0 Å². The fraction of sp³-hybridized carbons (Fsp3) is 1.00. The molecule has 0 saturated heterocycles. The summed E-state index contributed by atoms with van der Waals surface area (Å²) in [5.41, 5.74) is 0. The normalized spacial score (nSPS) is 15.2. The van der Waals surface area contributed by atoms with E-state index in [1.165, 1.54) is 77.0 Å². The zero-order chi connectivity index (χ0) is 28.2. The minimum absolute atomic E-state index is 0.0151. The van der Waals surface area contributed by atoms with E-state index in [1.54, 1.807) is 0 Å². The molecule has 0 aliphatic heterocycles. The van der Waals surface area contributed by atoms with Gasteiger partial charge in [0, 0.05) is 12.1 Å². The van der Waals surface area contributed by atoms with E-state index in [0.29, 0.717) is 18.7 Å². The SMILES string of the molecule is CCCCCCCCCCCCCCC(OC(C)C)C(OC(C)C)C(COC(C)C)N(C(C)C)C(C)C. The first kappa shape index (κ1) is 36.8.